The Kier molecular flexibility index (Phi) is 5.20. The first-order valence-corrected chi connectivity index (χ1v) is 7.45. The molecule has 2 aromatic heterocycles. The molecule has 2 rings (SSSR count). The number of amides is 1. The van der Waals surface area contributed by atoms with Crippen molar-refractivity contribution in [3.63, 3.8) is 0 Å². The number of thiazole rings is 1. The van der Waals surface area contributed by atoms with E-state index in [4.69, 9.17) is 5.73 Å². The van der Waals surface area contributed by atoms with Crippen molar-refractivity contribution in [2.24, 2.45) is 5.73 Å². The molecule has 0 saturated heterocycles. The van der Waals surface area contributed by atoms with Crippen molar-refractivity contribution in [2.75, 3.05) is 13.1 Å². The van der Waals surface area contributed by atoms with E-state index in [0.717, 1.165) is 10.6 Å². The van der Waals surface area contributed by atoms with Crippen molar-refractivity contribution in [2.45, 2.75) is 19.9 Å². The Morgan fingerprint density at radius 1 is 1.40 bits per heavy atom. The van der Waals surface area contributed by atoms with Crippen molar-refractivity contribution in [1.29, 1.82) is 0 Å². The Morgan fingerprint density at radius 3 is 2.80 bits per heavy atom. The van der Waals surface area contributed by atoms with Crippen LogP contribution in [-0.2, 0) is 13.0 Å². The quantitative estimate of drug-likeness (QED) is 0.879. The van der Waals surface area contributed by atoms with Gasteiger partial charge in [-0.3, -0.25) is 9.78 Å². The van der Waals surface area contributed by atoms with E-state index >= 15 is 0 Å². The maximum absolute atomic E-state index is 12.4. The van der Waals surface area contributed by atoms with Crippen molar-refractivity contribution < 1.29 is 4.79 Å². The molecule has 0 aromatic carbocycles. The molecule has 0 spiro atoms. The van der Waals surface area contributed by atoms with Crippen LogP contribution in [0, 0.1) is 0 Å². The van der Waals surface area contributed by atoms with E-state index in [2.05, 4.69) is 9.97 Å². The van der Waals surface area contributed by atoms with Crippen LogP contribution < -0.4 is 5.73 Å². The molecule has 0 atom stereocenters. The average molecular weight is 290 g/mol. The smallest absolute Gasteiger partial charge is 0.273 e. The molecule has 2 heterocycles. The molecule has 0 aliphatic rings. The highest BCUT2D eigenvalue weighted by Gasteiger charge is 2.17. The third-order valence-electron chi connectivity index (χ3n) is 2.92. The second-order valence-electron chi connectivity index (χ2n) is 4.34. The molecular formula is C14H18N4OS. The highest BCUT2D eigenvalue weighted by molar-refractivity contribution is 7.09. The Morgan fingerprint density at radius 2 is 2.15 bits per heavy atom. The zero-order chi connectivity index (χ0) is 14.4. The SMILES string of the molecule is CCN(Cc1ccncc1)C(=O)c1csc(CCN)n1. The summed E-state index contributed by atoms with van der Waals surface area (Å²) in [6.07, 6.45) is 4.18. The maximum Gasteiger partial charge on any atom is 0.273 e. The van der Waals surface area contributed by atoms with E-state index in [1.165, 1.54) is 11.3 Å². The Hall–Kier alpha value is -1.79. The summed E-state index contributed by atoms with van der Waals surface area (Å²) in [5.41, 5.74) is 7.07. The molecule has 20 heavy (non-hydrogen) atoms. The van der Waals surface area contributed by atoms with Crippen LogP contribution >= 0.6 is 11.3 Å². The van der Waals surface area contributed by atoms with Crippen molar-refractivity contribution in [3.05, 3.63) is 46.2 Å². The van der Waals surface area contributed by atoms with Gasteiger partial charge in [0.2, 0.25) is 0 Å². The Labute approximate surface area is 122 Å². The van der Waals surface area contributed by atoms with Crippen LogP contribution in [0.5, 0.6) is 0 Å². The fourth-order valence-electron chi connectivity index (χ4n) is 1.85. The summed E-state index contributed by atoms with van der Waals surface area (Å²) in [7, 11) is 0. The molecule has 0 unspecified atom stereocenters. The van der Waals surface area contributed by atoms with Gasteiger partial charge in [0, 0.05) is 37.3 Å². The van der Waals surface area contributed by atoms with Gasteiger partial charge in [-0.1, -0.05) is 0 Å². The number of nitrogens with zero attached hydrogens (tertiary/aromatic N) is 3. The van der Waals surface area contributed by atoms with Gasteiger partial charge in [0.15, 0.2) is 0 Å². The van der Waals surface area contributed by atoms with Crippen LogP contribution in [0.25, 0.3) is 0 Å². The lowest BCUT2D eigenvalue weighted by molar-refractivity contribution is 0.0747. The predicted octanol–water partition coefficient (Wildman–Crippen LogP) is 1.70. The summed E-state index contributed by atoms with van der Waals surface area (Å²) < 4.78 is 0. The van der Waals surface area contributed by atoms with Gasteiger partial charge in [0.25, 0.3) is 5.91 Å². The molecule has 0 aliphatic heterocycles. The highest BCUT2D eigenvalue weighted by Crippen LogP contribution is 2.14. The lowest BCUT2D eigenvalue weighted by Gasteiger charge is -2.19. The predicted molar refractivity (Wildman–Crippen MR) is 79.5 cm³/mol. The van der Waals surface area contributed by atoms with Gasteiger partial charge in [0.05, 0.1) is 5.01 Å². The van der Waals surface area contributed by atoms with Crippen molar-refractivity contribution >= 4 is 17.2 Å². The molecule has 0 saturated carbocycles. The molecule has 0 fully saturated rings. The third kappa shape index (κ3) is 3.61. The molecule has 0 aliphatic carbocycles. The van der Waals surface area contributed by atoms with Gasteiger partial charge in [0.1, 0.15) is 5.69 Å². The molecule has 0 bridgehead atoms. The van der Waals surface area contributed by atoms with Gasteiger partial charge < -0.3 is 10.6 Å². The van der Waals surface area contributed by atoms with Crippen LogP contribution in [0.4, 0.5) is 0 Å². The zero-order valence-electron chi connectivity index (χ0n) is 11.5. The molecule has 6 heteroatoms. The van der Waals surface area contributed by atoms with Crippen LogP contribution in [0.15, 0.2) is 29.9 Å². The molecule has 106 valence electrons. The summed E-state index contributed by atoms with van der Waals surface area (Å²) in [6.45, 7) is 3.73. The fourth-order valence-corrected chi connectivity index (χ4v) is 2.63. The summed E-state index contributed by atoms with van der Waals surface area (Å²) in [5, 5.41) is 2.72. The van der Waals surface area contributed by atoms with Gasteiger partial charge in [-0.15, -0.1) is 11.3 Å². The van der Waals surface area contributed by atoms with E-state index in [1.54, 1.807) is 17.3 Å². The largest absolute Gasteiger partial charge is 0.333 e. The van der Waals surface area contributed by atoms with E-state index in [1.807, 2.05) is 24.4 Å². The van der Waals surface area contributed by atoms with Crippen LogP contribution in [0.1, 0.15) is 28.0 Å². The second-order valence-corrected chi connectivity index (χ2v) is 5.28. The first-order chi connectivity index (χ1) is 9.74. The number of pyridine rings is 1. The van der Waals surface area contributed by atoms with Gasteiger partial charge >= 0.3 is 0 Å². The number of carbonyl (C=O) groups excluding carboxylic acids is 1. The van der Waals surface area contributed by atoms with Gasteiger partial charge in [-0.25, -0.2) is 4.98 Å². The van der Waals surface area contributed by atoms with E-state index < -0.39 is 0 Å². The van der Waals surface area contributed by atoms with Crippen molar-refractivity contribution in [3.8, 4) is 0 Å². The molecular weight excluding hydrogens is 272 g/mol. The summed E-state index contributed by atoms with van der Waals surface area (Å²) in [6, 6.07) is 3.83. The maximum atomic E-state index is 12.4. The first kappa shape index (κ1) is 14.6. The summed E-state index contributed by atoms with van der Waals surface area (Å²) in [5.74, 6) is -0.0381. The number of hydrogen-bond acceptors (Lipinski definition) is 5. The number of hydrogen-bond donors (Lipinski definition) is 1. The minimum absolute atomic E-state index is 0.0381. The lowest BCUT2D eigenvalue weighted by atomic mass is 10.2. The van der Waals surface area contributed by atoms with Crippen LogP contribution in [0.2, 0.25) is 0 Å². The first-order valence-electron chi connectivity index (χ1n) is 6.57. The number of rotatable bonds is 6. The Balaban J connectivity index is 2.08. The summed E-state index contributed by atoms with van der Waals surface area (Å²) >= 11 is 1.49. The van der Waals surface area contributed by atoms with Crippen LogP contribution in [0.3, 0.4) is 0 Å². The molecule has 2 aromatic rings. The molecule has 0 radical (unpaired) electrons. The van der Waals surface area contributed by atoms with Gasteiger partial charge in [-0.2, -0.15) is 0 Å². The minimum atomic E-state index is -0.0381. The average Bonchev–Trinajstić information content (AvgIpc) is 2.94. The van der Waals surface area contributed by atoms with E-state index in [0.29, 0.717) is 31.7 Å². The number of carbonyl (C=O) groups is 1. The molecule has 1 amide bonds. The highest BCUT2D eigenvalue weighted by atomic mass is 32.1. The lowest BCUT2D eigenvalue weighted by Crippen LogP contribution is -2.30. The Bertz CT molecular complexity index is 555. The monoisotopic (exact) mass is 290 g/mol. The number of aromatic nitrogens is 2. The summed E-state index contributed by atoms with van der Waals surface area (Å²) in [4.78, 5) is 22.5. The second kappa shape index (κ2) is 7.12. The third-order valence-corrected chi connectivity index (χ3v) is 3.83. The van der Waals surface area contributed by atoms with E-state index in [9.17, 15) is 4.79 Å². The van der Waals surface area contributed by atoms with E-state index in [-0.39, 0.29) is 5.91 Å². The standard InChI is InChI=1S/C14H18N4OS/c1-2-18(9-11-4-7-16-8-5-11)14(19)12-10-20-13(17-12)3-6-15/h4-5,7-8,10H,2-3,6,9,15H2,1H3. The minimum Gasteiger partial charge on any atom is -0.333 e. The van der Waals surface area contributed by atoms with Gasteiger partial charge in [-0.05, 0) is 31.2 Å². The molecule has 5 nitrogen and oxygen atoms in total. The normalized spacial score (nSPS) is 10.5. The topological polar surface area (TPSA) is 72.1 Å². The van der Waals surface area contributed by atoms with Crippen molar-refractivity contribution in [1.82, 2.24) is 14.9 Å². The molecule has 2 N–H and O–H groups in total. The fraction of sp³-hybridized carbons (Fsp3) is 0.357. The zero-order valence-corrected chi connectivity index (χ0v) is 12.3. The number of nitrogens with two attached hydrogens (primary N) is 1. The van der Waals surface area contributed by atoms with Crippen LogP contribution in [-0.4, -0.2) is 33.9 Å².